The fourth-order valence-electron chi connectivity index (χ4n) is 0.730. The van der Waals surface area contributed by atoms with E-state index in [1.165, 1.54) is 20.0 Å². The second-order valence-corrected chi connectivity index (χ2v) is 6.34. The van der Waals surface area contributed by atoms with Crippen molar-refractivity contribution < 1.29 is 0 Å². The molecule has 54 valence electrons. The summed E-state index contributed by atoms with van der Waals surface area (Å²) < 4.78 is 3.03. The van der Waals surface area contributed by atoms with Crippen LogP contribution in [0.2, 0.25) is 0 Å². The van der Waals surface area contributed by atoms with Gasteiger partial charge in [-0.1, -0.05) is 23.5 Å². The summed E-state index contributed by atoms with van der Waals surface area (Å²) in [5.41, 5.74) is 0. The van der Waals surface area contributed by atoms with Crippen LogP contribution < -0.4 is 0 Å². The van der Waals surface area contributed by atoms with E-state index in [0.29, 0.717) is 0 Å². The predicted octanol–water partition coefficient (Wildman–Crippen LogP) is 3.54. The molecule has 0 saturated carbocycles. The summed E-state index contributed by atoms with van der Waals surface area (Å²) >= 11 is 7.73. The Morgan fingerprint density at radius 1 is 0.900 bits per heavy atom. The van der Waals surface area contributed by atoms with Crippen LogP contribution >= 0.6 is 47.0 Å². The van der Waals surface area contributed by atoms with E-state index in [0.717, 1.165) is 0 Å². The highest BCUT2D eigenvalue weighted by atomic mass is 32.2. The lowest BCUT2D eigenvalue weighted by atomic mass is 11.0. The molecule has 0 aromatic heterocycles. The van der Waals surface area contributed by atoms with Crippen LogP contribution in [0.4, 0.5) is 0 Å². The zero-order chi connectivity index (χ0) is 6.81. The molecule has 0 fully saturated rings. The minimum absolute atomic E-state index is 1.28. The van der Waals surface area contributed by atoms with E-state index in [-0.39, 0.29) is 0 Å². The number of hydrogen-bond donors (Lipinski definition) is 0. The standard InChI is InChI=1S/C6H6S4/c1-2-8-6-5(7-1)9-3-4-10-6/h1-2H,3-4H2. The molecule has 0 nitrogen and oxygen atoms in total. The number of thioether (sulfide) groups is 4. The van der Waals surface area contributed by atoms with Gasteiger partial charge in [-0.3, -0.25) is 0 Å². The maximum absolute atomic E-state index is 2.17. The Morgan fingerprint density at radius 2 is 1.40 bits per heavy atom. The van der Waals surface area contributed by atoms with Gasteiger partial charge in [-0.05, 0) is 10.8 Å². The summed E-state index contributed by atoms with van der Waals surface area (Å²) in [4.78, 5) is 0. The van der Waals surface area contributed by atoms with Crippen LogP contribution in [0.25, 0.3) is 0 Å². The van der Waals surface area contributed by atoms with E-state index in [4.69, 9.17) is 0 Å². The molecule has 4 heteroatoms. The van der Waals surface area contributed by atoms with Gasteiger partial charge in [-0.15, -0.1) is 23.5 Å². The number of hydrogen-bond acceptors (Lipinski definition) is 4. The molecule has 0 aromatic carbocycles. The molecule has 0 N–H and O–H groups in total. The molecule has 2 aliphatic heterocycles. The Bertz CT molecular complexity index is 174. The molecule has 0 bridgehead atoms. The molecule has 0 atom stereocenters. The Labute approximate surface area is 77.7 Å². The summed E-state index contributed by atoms with van der Waals surface area (Å²) in [6, 6.07) is 0. The van der Waals surface area contributed by atoms with Gasteiger partial charge in [0.05, 0.1) is 8.47 Å². The average Bonchev–Trinajstić information content (AvgIpc) is 2.05. The molecule has 0 amide bonds. The first-order valence-corrected chi connectivity index (χ1v) is 6.68. The van der Waals surface area contributed by atoms with Gasteiger partial charge in [0.1, 0.15) is 0 Å². The molecular weight excluding hydrogens is 200 g/mol. The van der Waals surface area contributed by atoms with Gasteiger partial charge < -0.3 is 0 Å². The molecule has 2 rings (SSSR count). The van der Waals surface area contributed by atoms with Crippen LogP contribution in [0.3, 0.4) is 0 Å². The van der Waals surface area contributed by atoms with Crippen LogP contribution in [-0.2, 0) is 0 Å². The molecule has 2 aliphatic rings. The minimum Gasteiger partial charge on any atom is -0.116 e. The molecule has 0 aliphatic carbocycles. The third-order valence-corrected chi connectivity index (χ3v) is 6.48. The summed E-state index contributed by atoms with van der Waals surface area (Å²) in [6.07, 6.45) is 0. The normalized spacial score (nSPS) is 24.8. The van der Waals surface area contributed by atoms with E-state index < -0.39 is 0 Å². The molecular formula is C6H6S4. The molecule has 0 unspecified atom stereocenters. The number of rotatable bonds is 0. The first kappa shape index (κ1) is 7.53. The average molecular weight is 206 g/mol. The van der Waals surface area contributed by atoms with Crippen LogP contribution in [0, 0.1) is 0 Å². The van der Waals surface area contributed by atoms with Gasteiger partial charge in [0.15, 0.2) is 0 Å². The quantitative estimate of drug-likeness (QED) is 0.594. The topological polar surface area (TPSA) is 0 Å². The van der Waals surface area contributed by atoms with E-state index in [2.05, 4.69) is 10.8 Å². The van der Waals surface area contributed by atoms with E-state index in [1.54, 1.807) is 0 Å². The van der Waals surface area contributed by atoms with Crippen molar-refractivity contribution in [2.24, 2.45) is 0 Å². The smallest absolute Gasteiger partial charge is 0.0648 e. The highest BCUT2D eigenvalue weighted by Crippen LogP contribution is 2.49. The largest absolute Gasteiger partial charge is 0.116 e. The summed E-state index contributed by atoms with van der Waals surface area (Å²) in [5, 5.41) is 4.34. The van der Waals surface area contributed by atoms with Crippen LogP contribution in [0.1, 0.15) is 0 Å². The third-order valence-electron chi connectivity index (χ3n) is 1.12. The van der Waals surface area contributed by atoms with Gasteiger partial charge in [0, 0.05) is 11.5 Å². The fraction of sp³-hybridized carbons (Fsp3) is 0.333. The first-order valence-electron chi connectivity index (χ1n) is 2.95. The Kier molecular flexibility index (Phi) is 2.65. The molecule has 0 spiro atoms. The summed E-state index contributed by atoms with van der Waals surface area (Å²) in [6.45, 7) is 0. The second kappa shape index (κ2) is 3.52. The molecule has 0 aromatic rings. The second-order valence-electron chi connectivity index (χ2n) is 1.78. The fourth-order valence-corrected chi connectivity index (χ4v) is 5.55. The van der Waals surface area contributed by atoms with Crippen molar-refractivity contribution in [2.45, 2.75) is 0 Å². The van der Waals surface area contributed by atoms with Crippen molar-refractivity contribution in [1.29, 1.82) is 0 Å². The third kappa shape index (κ3) is 1.55. The Hall–Kier alpha value is 0.880. The van der Waals surface area contributed by atoms with E-state index in [9.17, 15) is 0 Å². The molecule has 0 radical (unpaired) electrons. The maximum Gasteiger partial charge on any atom is 0.0648 e. The van der Waals surface area contributed by atoms with Gasteiger partial charge in [-0.25, -0.2) is 0 Å². The SMILES string of the molecule is C1=CSC2=C(S1)SCCS2. The van der Waals surface area contributed by atoms with Crippen molar-refractivity contribution in [3.05, 3.63) is 19.3 Å². The van der Waals surface area contributed by atoms with Crippen LogP contribution in [0.15, 0.2) is 19.3 Å². The molecule has 2 heterocycles. The zero-order valence-corrected chi connectivity index (χ0v) is 8.47. The highest BCUT2D eigenvalue weighted by Gasteiger charge is 2.15. The highest BCUT2D eigenvalue weighted by molar-refractivity contribution is 8.32. The predicted molar refractivity (Wildman–Crippen MR) is 56.3 cm³/mol. The first-order chi connectivity index (χ1) is 4.97. The van der Waals surface area contributed by atoms with Crippen molar-refractivity contribution in [3.63, 3.8) is 0 Å². The lowest BCUT2D eigenvalue weighted by Gasteiger charge is -2.18. The van der Waals surface area contributed by atoms with Crippen molar-refractivity contribution in [2.75, 3.05) is 11.5 Å². The zero-order valence-electron chi connectivity index (χ0n) is 5.20. The van der Waals surface area contributed by atoms with E-state index in [1.807, 2.05) is 47.0 Å². The Morgan fingerprint density at radius 3 is 1.90 bits per heavy atom. The Balaban J connectivity index is 2.17. The lowest BCUT2D eigenvalue weighted by Crippen LogP contribution is -1.93. The molecule has 0 saturated heterocycles. The van der Waals surface area contributed by atoms with Crippen molar-refractivity contribution in [1.82, 2.24) is 0 Å². The minimum atomic E-state index is 1.28. The monoisotopic (exact) mass is 206 g/mol. The van der Waals surface area contributed by atoms with Crippen LogP contribution in [0.5, 0.6) is 0 Å². The van der Waals surface area contributed by atoms with Gasteiger partial charge >= 0.3 is 0 Å². The van der Waals surface area contributed by atoms with Gasteiger partial charge in [0.2, 0.25) is 0 Å². The summed E-state index contributed by atoms with van der Waals surface area (Å²) in [5.74, 6) is 2.57. The van der Waals surface area contributed by atoms with E-state index >= 15 is 0 Å². The lowest BCUT2D eigenvalue weighted by molar-refractivity contribution is 1.56. The van der Waals surface area contributed by atoms with Crippen molar-refractivity contribution >= 4 is 47.0 Å². The summed E-state index contributed by atoms with van der Waals surface area (Å²) in [7, 11) is 0. The maximum atomic E-state index is 2.17. The van der Waals surface area contributed by atoms with Crippen LogP contribution in [-0.4, -0.2) is 11.5 Å². The van der Waals surface area contributed by atoms with Gasteiger partial charge in [-0.2, -0.15) is 0 Å². The molecule has 10 heavy (non-hydrogen) atoms. The van der Waals surface area contributed by atoms with Gasteiger partial charge in [0.25, 0.3) is 0 Å². The van der Waals surface area contributed by atoms with Crippen molar-refractivity contribution in [3.8, 4) is 0 Å².